The van der Waals surface area contributed by atoms with Crippen LogP contribution in [0, 0.1) is 11.8 Å². The molecule has 1 heterocycles. The van der Waals surface area contributed by atoms with Crippen molar-refractivity contribution in [3.05, 3.63) is 35.9 Å². The third kappa shape index (κ3) is 4.06. The zero-order chi connectivity index (χ0) is 18.0. The van der Waals surface area contributed by atoms with E-state index in [0.717, 1.165) is 32.2 Å². The molecule has 2 N–H and O–H groups in total. The van der Waals surface area contributed by atoms with Crippen molar-refractivity contribution in [2.45, 2.75) is 62.9 Å². The van der Waals surface area contributed by atoms with Gasteiger partial charge in [-0.05, 0) is 74.7 Å². The number of urea groups is 1. The van der Waals surface area contributed by atoms with Crippen molar-refractivity contribution in [3.8, 4) is 0 Å². The molecular formula is C22H32N2O2. The number of piperidine rings is 1. The van der Waals surface area contributed by atoms with Crippen molar-refractivity contribution in [2.75, 3.05) is 19.6 Å². The molecule has 0 spiro atoms. The molecule has 2 saturated carbocycles. The second-order valence-corrected chi connectivity index (χ2v) is 8.68. The third-order valence-electron chi connectivity index (χ3n) is 6.91. The number of hydrogen-bond donors (Lipinski definition) is 2. The quantitative estimate of drug-likeness (QED) is 0.859. The van der Waals surface area contributed by atoms with Gasteiger partial charge >= 0.3 is 6.03 Å². The molecule has 2 amide bonds. The largest absolute Gasteiger partial charge is 0.389 e. The van der Waals surface area contributed by atoms with E-state index >= 15 is 0 Å². The van der Waals surface area contributed by atoms with Crippen LogP contribution in [0.5, 0.6) is 0 Å². The fraction of sp³-hybridized carbons (Fsp3) is 0.682. The van der Waals surface area contributed by atoms with Gasteiger partial charge in [-0.15, -0.1) is 0 Å². The minimum Gasteiger partial charge on any atom is -0.389 e. The first-order valence-corrected chi connectivity index (χ1v) is 10.4. The lowest BCUT2D eigenvalue weighted by Gasteiger charge is -2.38. The summed E-state index contributed by atoms with van der Waals surface area (Å²) in [6.07, 6.45) is 8.65. The minimum atomic E-state index is -0.493. The monoisotopic (exact) mass is 356 g/mol. The Kier molecular flexibility index (Phi) is 5.21. The lowest BCUT2D eigenvalue weighted by Crippen LogP contribution is -2.51. The fourth-order valence-corrected chi connectivity index (χ4v) is 4.89. The first-order chi connectivity index (χ1) is 12.6. The zero-order valence-electron chi connectivity index (χ0n) is 15.7. The lowest BCUT2D eigenvalue weighted by atomic mass is 9.79. The Labute approximate surface area is 157 Å². The number of likely N-dealkylation sites (tertiary alicyclic amines) is 1. The molecule has 1 aliphatic heterocycles. The Hall–Kier alpha value is -1.55. The second-order valence-electron chi connectivity index (χ2n) is 8.68. The highest BCUT2D eigenvalue weighted by atomic mass is 16.3. The molecule has 4 nitrogen and oxygen atoms in total. The van der Waals surface area contributed by atoms with Gasteiger partial charge in [-0.3, -0.25) is 0 Å². The van der Waals surface area contributed by atoms with Gasteiger partial charge in [-0.2, -0.15) is 0 Å². The molecule has 0 radical (unpaired) electrons. The average Bonchev–Trinajstić information content (AvgIpc) is 3.54. The number of nitrogens with one attached hydrogen (secondary N) is 1. The Balaban J connectivity index is 1.17. The minimum absolute atomic E-state index is 0.0630. The number of hydrogen-bond acceptors (Lipinski definition) is 2. The SMILES string of the molecule is O=C(NCC1CCC(c2ccccc2)CC1)N1CCC(O)(C2CC2)CC1. The Morgan fingerprint density at radius 2 is 1.69 bits per heavy atom. The van der Waals surface area contributed by atoms with E-state index in [-0.39, 0.29) is 6.03 Å². The number of benzene rings is 1. The van der Waals surface area contributed by atoms with Crippen LogP contribution in [0.15, 0.2) is 30.3 Å². The van der Waals surface area contributed by atoms with Crippen LogP contribution < -0.4 is 5.32 Å². The summed E-state index contributed by atoms with van der Waals surface area (Å²) in [5, 5.41) is 13.8. The van der Waals surface area contributed by atoms with Crippen molar-refractivity contribution < 1.29 is 9.90 Å². The molecule has 0 bridgehead atoms. The molecule has 3 fully saturated rings. The number of nitrogens with zero attached hydrogens (tertiary/aromatic N) is 1. The van der Waals surface area contributed by atoms with Crippen molar-refractivity contribution >= 4 is 6.03 Å². The first-order valence-electron chi connectivity index (χ1n) is 10.4. The van der Waals surface area contributed by atoms with E-state index in [1.54, 1.807) is 0 Å². The van der Waals surface area contributed by atoms with Crippen LogP contribution >= 0.6 is 0 Å². The van der Waals surface area contributed by atoms with Gasteiger partial charge in [0.1, 0.15) is 0 Å². The van der Waals surface area contributed by atoms with Gasteiger partial charge in [0.2, 0.25) is 0 Å². The van der Waals surface area contributed by atoms with E-state index in [1.165, 1.54) is 31.2 Å². The van der Waals surface area contributed by atoms with Crippen molar-refractivity contribution in [1.82, 2.24) is 10.2 Å². The molecule has 1 aromatic rings. The summed E-state index contributed by atoms with van der Waals surface area (Å²) < 4.78 is 0. The van der Waals surface area contributed by atoms with Crippen LogP contribution in [0.1, 0.15) is 62.8 Å². The number of aliphatic hydroxyl groups is 1. The maximum absolute atomic E-state index is 12.5. The van der Waals surface area contributed by atoms with E-state index in [2.05, 4.69) is 35.6 Å². The predicted molar refractivity (Wildman–Crippen MR) is 103 cm³/mol. The number of carbonyl (C=O) groups is 1. The lowest BCUT2D eigenvalue weighted by molar-refractivity contribution is -0.0307. The third-order valence-corrected chi connectivity index (χ3v) is 6.91. The van der Waals surface area contributed by atoms with Crippen LogP contribution in [0.3, 0.4) is 0 Å². The standard InChI is InChI=1S/C22H32N2O2/c25-21(24-14-12-22(26,13-15-24)20-10-11-20)23-16-17-6-8-19(9-7-17)18-4-2-1-3-5-18/h1-5,17,19-20,26H,6-16H2,(H,23,25). The molecule has 142 valence electrons. The number of carbonyl (C=O) groups excluding carboxylic acids is 1. The molecule has 2 aliphatic carbocycles. The summed E-state index contributed by atoms with van der Waals surface area (Å²) in [7, 11) is 0. The van der Waals surface area contributed by atoms with Crippen LogP contribution in [0.2, 0.25) is 0 Å². The summed E-state index contributed by atoms with van der Waals surface area (Å²) in [5.74, 6) is 1.78. The molecular weight excluding hydrogens is 324 g/mol. The van der Waals surface area contributed by atoms with Crippen LogP contribution in [-0.2, 0) is 0 Å². The normalized spacial score (nSPS) is 28.6. The summed E-state index contributed by atoms with van der Waals surface area (Å²) in [6.45, 7) is 2.18. The van der Waals surface area contributed by atoms with Crippen molar-refractivity contribution in [2.24, 2.45) is 11.8 Å². The van der Waals surface area contributed by atoms with Gasteiger partial charge in [0.05, 0.1) is 5.60 Å². The van der Waals surface area contributed by atoms with E-state index in [4.69, 9.17) is 0 Å². The number of amides is 2. The molecule has 0 atom stereocenters. The predicted octanol–water partition coefficient (Wildman–Crippen LogP) is 3.91. The Morgan fingerprint density at radius 3 is 2.31 bits per heavy atom. The van der Waals surface area contributed by atoms with Crippen molar-refractivity contribution in [1.29, 1.82) is 0 Å². The number of rotatable bonds is 4. The maximum atomic E-state index is 12.5. The molecule has 26 heavy (non-hydrogen) atoms. The zero-order valence-corrected chi connectivity index (χ0v) is 15.7. The first kappa shape index (κ1) is 17.8. The highest BCUT2D eigenvalue weighted by Crippen LogP contribution is 2.45. The smallest absolute Gasteiger partial charge is 0.317 e. The summed E-state index contributed by atoms with van der Waals surface area (Å²) in [5.41, 5.74) is 0.971. The molecule has 0 aromatic heterocycles. The summed E-state index contributed by atoms with van der Waals surface area (Å²) in [6, 6.07) is 10.9. The van der Waals surface area contributed by atoms with Gasteiger partial charge in [-0.1, -0.05) is 30.3 Å². The second kappa shape index (κ2) is 7.59. The van der Waals surface area contributed by atoms with Gasteiger partial charge in [0, 0.05) is 19.6 Å². The van der Waals surface area contributed by atoms with E-state index < -0.39 is 5.60 Å². The highest BCUT2D eigenvalue weighted by molar-refractivity contribution is 5.74. The Morgan fingerprint density at radius 1 is 1.04 bits per heavy atom. The van der Waals surface area contributed by atoms with E-state index in [1.807, 2.05) is 4.90 Å². The Bertz CT molecular complexity index is 598. The summed E-state index contributed by atoms with van der Waals surface area (Å²) >= 11 is 0. The van der Waals surface area contributed by atoms with Gasteiger partial charge < -0.3 is 15.3 Å². The van der Waals surface area contributed by atoms with E-state index in [0.29, 0.717) is 30.8 Å². The fourth-order valence-electron chi connectivity index (χ4n) is 4.89. The molecule has 4 heteroatoms. The molecule has 4 rings (SSSR count). The van der Waals surface area contributed by atoms with Crippen molar-refractivity contribution in [3.63, 3.8) is 0 Å². The molecule has 1 aromatic carbocycles. The highest BCUT2D eigenvalue weighted by Gasteiger charge is 2.45. The average molecular weight is 357 g/mol. The topological polar surface area (TPSA) is 52.6 Å². The van der Waals surface area contributed by atoms with Crippen LogP contribution in [0.25, 0.3) is 0 Å². The van der Waals surface area contributed by atoms with Crippen LogP contribution in [0.4, 0.5) is 4.79 Å². The maximum Gasteiger partial charge on any atom is 0.317 e. The van der Waals surface area contributed by atoms with Crippen LogP contribution in [-0.4, -0.2) is 41.3 Å². The van der Waals surface area contributed by atoms with Gasteiger partial charge in [0.25, 0.3) is 0 Å². The summed E-state index contributed by atoms with van der Waals surface area (Å²) in [4.78, 5) is 14.4. The molecule has 3 aliphatic rings. The molecule has 1 saturated heterocycles. The molecule has 0 unspecified atom stereocenters. The van der Waals surface area contributed by atoms with Gasteiger partial charge in [0.15, 0.2) is 0 Å². The van der Waals surface area contributed by atoms with Gasteiger partial charge in [-0.25, -0.2) is 4.79 Å². The van der Waals surface area contributed by atoms with E-state index in [9.17, 15) is 9.90 Å².